The van der Waals surface area contributed by atoms with Crippen molar-refractivity contribution in [2.75, 3.05) is 4.90 Å². The molecule has 1 saturated carbocycles. The van der Waals surface area contributed by atoms with E-state index >= 15 is 0 Å². The van der Waals surface area contributed by atoms with Gasteiger partial charge in [-0.15, -0.1) is 10.2 Å². The number of hydrogen-bond donors (Lipinski definition) is 1. The largest absolute Gasteiger partial charge is 0.385 e. The van der Waals surface area contributed by atoms with Gasteiger partial charge in [0.25, 0.3) is 0 Å². The number of nitrogens with zero attached hydrogens (tertiary/aromatic N) is 4. The van der Waals surface area contributed by atoms with Gasteiger partial charge in [-0.05, 0) is 48.9 Å². The van der Waals surface area contributed by atoms with Crippen molar-refractivity contribution in [3.63, 3.8) is 0 Å². The van der Waals surface area contributed by atoms with E-state index in [9.17, 15) is 13.9 Å². The molecule has 1 atom stereocenters. The van der Waals surface area contributed by atoms with Crippen molar-refractivity contribution in [3.05, 3.63) is 52.9 Å². The molecule has 1 unspecified atom stereocenters. The molecule has 5 nitrogen and oxygen atoms in total. The lowest BCUT2D eigenvalue weighted by atomic mass is 10.1. The maximum absolute atomic E-state index is 13.5. The molecule has 132 valence electrons. The van der Waals surface area contributed by atoms with Gasteiger partial charge in [0.1, 0.15) is 6.10 Å². The van der Waals surface area contributed by atoms with E-state index < -0.39 is 17.7 Å². The van der Waals surface area contributed by atoms with Crippen LogP contribution in [0.2, 0.25) is 0 Å². The van der Waals surface area contributed by atoms with Crippen LogP contribution in [-0.4, -0.2) is 19.9 Å². The van der Waals surface area contributed by atoms with Gasteiger partial charge in [-0.25, -0.2) is 8.78 Å². The van der Waals surface area contributed by atoms with Crippen LogP contribution in [-0.2, 0) is 19.6 Å². The topological polar surface area (TPSA) is 54.2 Å². The molecule has 1 aliphatic carbocycles. The third-order valence-electron chi connectivity index (χ3n) is 4.77. The minimum atomic E-state index is -0.839. The quantitative estimate of drug-likeness (QED) is 0.846. The van der Waals surface area contributed by atoms with E-state index in [1.807, 2.05) is 16.4 Å². The zero-order chi connectivity index (χ0) is 17.7. The maximum Gasteiger partial charge on any atom is 0.228 e. The fourth-order valence-electron chi connectivity index (χ4n) is 3.34. The van der Waals surface area contributed by atoms with Gasteiger partial charge in [-0.3, -0.25) is 4.57 Å². The predicted molar refractivity (Wildman–Crippen MR) is 88.8 cm³/mol. The Morgan fingerprint density at radius 3 is 2.36 bits per heavy atom. The molecule has 0 radical (unpaired) electrons. The first-order chi connectivity index (χ1) is 11.9. The van der Waals surface area contributed by atoms with E-state index in [4.69, 9.17) is 0 Å². The third kappa shape index (κ3) is 2.93. The van der Waals surface area contributed by atoms with Gasteiger partial charge < -0.3 is 10.0 Å². The smallest absolute Gasteiger partial charge is 0.228 e. The number of halogens is 2. The zero-order valence-electron chi connectivity index (χ0n) is 14.0. The Kier molecular flexibility index (Phi) is 3.83. The second-order valence-corrected chi connectivity index (χ2v) is 7.07. The highest BCUT2D eigenvalue weighted by Crippen LogP contribution is 2.41. The fourth-order valence-corrected chi connectivity index (χ4v) is 3.34. The minimum absolute atomic E-state index is 0.236. The molecule has 1 aliphatic heterocycles. The highest BCUT2D eigenvalue weighted by atomic mass is 19.2. The molecule has 0 bridgehead atoms. The minimum Gasteiger partial charge on any atom is -0.385 e. The van der Waals surface area contributed by atoms with Gasteiger partial charge in [0.05, 0.1) is 0 Å². The van der Waals surface area contributed by atoms with Crippen LogP contribution in [0.5, 0.6) is 0 Å². The SMILES string of the molecule is C=C(C)Cn1c(C(O)C2CC2)nnc1N1Cc2cc(F)c(F)cc2C1. The molecule has 1 fully saturated rings. The number of benzene rings is 1. The first kappa shape index (κ1) is 16.2. The van der Waals surface area contributed by atoms with Crippen molar-refractivity contribution in [2.24, 2.45) is 5.92 Å². The highest BCUT2D eigenvalue weighted by Gasteiger charge is 2.36. The number of aliphatic hydroxyl groups is 1. The molecule has 1 aromatic heterocycles. The van der Waals surface area contributed by atoms with Gasteiger partial charge in [0.2, 0.25) is 5.95 Å². The van der Waals surface area contributed by atoms with Crippen molar-refractivity contribution in [3.8, 4) is 0 Å². The normalized spacial score (nSPS) is 17.7. The van der Waals surface area contributed by atoms with Crippen LogP contribution in [0.4, 0.5) is 14.7 Å². The number of aliphatic hydroxyl groups excluding tert-OH is 1. The molecule has 4 rings (SSSR count). The van der Waals surface area contributed by atoms with Crippen LogP contribution in [0, 0.1) is 17.6 Å². The van der Waals surface area contributed by atoms with Crippen LogP contribution in [0.15, 0.2) is 24.3 Å². The Morgan fingerprint density at radius 2 is 1.84 bits per heavy atom. The molecule has 2 aliphatic rings. The molecular formula is C18H20F2N4O. The van der Waals surface area contributed by atoms with E-state index in [1.54, 1.807) is 0 Å². The number of rotatable bonds is 5. The summed E-state index contributed by atoms with van der Waals surface area (Å²) in [6.07, 6.45) is 1.34. The summed E-state index contributed by atoms with van der Waals surface area (Å²) in [5, 5.41) is 19.0. The first-order valence-corrected chi connectivity index (χ1v) is 8.41. The number of hydrogen-bond acceptors (Lipinski definition) is 4. The van der Waals surface area contributed by atoms with Gasteiger partial charge >= 0.3 is 0 Å². The second-order valence-electron chi connectivity index (χ2n) is 7.07. The average Bonchev–Trinajstić information content (AvgIpc) is 3.21. The van der Waals surface area contributed by atoms with E-state index in [1.165, 1.54) is 12.1 Å². The molecule has 25 heavy (non-hydrogen) atoms. The van der Waals surface area contributed by atoms with Crippen molar-refractivity contribution in [1.29, 1.82) is 0 Å². The van der Waals surface area contributed by atoms with Crippen LogP contribution < -0.4 is 4.90 Å². The highest BCUT2D eigenvalue weighted by molar-refractivity contribution is 5.44. The lowest BCUT2D eigenvalue weighted by Gasteiger charge is -2.20. The van der Waals surface area contributed by atoms with Crippen molar-refractivity contribution in [2.45, 2.75) is 45.5 Å². The molecule has 1 N–H and O–H groups in total. The Labute approximate surface area is 144 Å². The summed E-state index contributed by atoms with van der Waals surface area (Å²) in [6.45, 7) is 7.21. The summed E-state index contributed by atoms with van der Waals surface area (Å²) in [6, 6.07) is 2.48. The number of fused-ring (bicyclic) bond motifs is 1. The molecule has 0 amide bonds. The second kappa shape index (κ2) is 5.91. The number of allylic oxidation sites excluding steroid dienone is 1. The lowest BCUT2D eigenvalue weighted by molar-refractivity contribution is 0.139. The fraction of sp³-hybridized carbons (Fsp3) is 0.444. The van der Waals surface area contributed by atoms with Gasteiger partial charge in [0.15, 0.2) is 17.5 Å². The van der Waals surface area contributed by atoms with Crippen molar-refractivity contribution < 1.29 is 13.9 Å². The molecule has 0 spiro atoms. The Bertz CT molecular complexity index is 813. The lowest BCUT2D eigenvalue weighted by Crippen LogP contribution is -2.21. The van der Waals surface area contributed by atoms with E-state index in [0.29, 0.717) is 31.4 Å². The van der Waals surface area contributed by atoms with Gasteiger partial charge in [-0.2, -0.15) is 0 Å². The standard InChI is InChI=1S/C18H20F2N4O/c1-10(2)7-24-17(16(25)11-3-4-11)21-22-18(24)23-8-12-5-14(19)15(20)6-13(12)9-23/h5-6,11,16,25H,1,3-4,7-9H2,2H3. The van der Waals surface area contributed by atoms with Crippen molar-refractivity contribution >= 4 is 5.95 Å². The summed E-state index contributed by atoms with van der Waals surface area (Å²) >= 11 is 0. The summed E-state index contributed by atoms with van der Waals surface area (Å²) < 4.78 is 28.8. The zero-order valence-corrected chi connectivity index (χ0v) is 14.0. The van der Waals surface area contributed by atoms with E-state index in [2.05, 4.69) is 16.8 Å². The molecule has 1 aromatic carbocycles. The first-order valence-electron chi connectivity index (χ1n) is 8.41. The van der Waals surface area contributed by atoms with Crippen LogP contribution in [0.25, 0.3) is 0 Å². The van der Waals surface area contributed by atoms with Crippen molar-refractivity contribution in [1.82, 2.24) is 14.8 Å². The predicted octanol–water partition coefficient (Wildman–Crippen LogP) is 3.10. The van der Waals surface area contributed by atoms with E-state index in [-0.39, 0.29) is 5.92 Å². The summed E-state index contributed by atoms with van der Waals surface area (Å²) in [5.41, 5.74) is 2.40. The Morgan fingerprint density at radius 1 is 1.24 bits per heavy atom. The number of aromatic nitrogens is 3. The Balaban J connectivity index is 1.67. The molecule has 7 heteroatoms. The molecule has 2 aromatic rings. The van der Waals surface area contributed by atoms with Crippen LogP contribution in [0.3, 0.4) is 0 Å². The van der Waals surface area contributed by atoms with Gasteiger partial charge in [0, 0.05) is 19.6 Å². The Hall–Kier alpha value is -2.28. The maximum atomic E-state index is 13.5. The average molecular weight is 346 g/mol. The van der Waals surface area contributed by atoms with Crippen LogP contribution >= 0.6 is 0 Å². The van der Waals surface area contributed by atoms with Gasteiger partial charge in [-0.1, -0.05) is 12.2 Å². The summed E-state index contributed by atoms with van der Waals surface area (Å²) in [5.74, 6) is -0.314. The van der Waals surface area contributed by atoms with E-state index in [0.717, 1.165) is 29.5 Å². The molecule has 2 heterocycles. The molecule has 0 saturated heterocycles. The summed E-state index contributed by atoms with van der Waals surface area (Å²) in [4.78, 5) is 1.92. The molecular weight excluding hydrogens is 326 g/mol. The monoisotopic (exact) mass is 346 g/mol. The third-order valence-corrected chi connectivity index (χ3v) is 4.77. The number of anilines is 1. The van der Waals surface area contributed by atoms with Crippen LogP contribution in [0.1, 0.15) is 42.8 Å². The summed E-state index contributed by atoms with van der Waals surface area (Å²) in [7, 11) is 0.